The molecule has 21 heteroatoms. The number of Topliss-reactive ketones (excluding diaryl/α,β-unsaturated/α-hetero) is 1. The zero-order valence-electron chi connectivity index (χ0n) is 68.9. The minimum atomic E-state index is -3.67. The second kappa shape index (κ2) is 52.2. The summed E-state index contributed by atoms with van der Waals surface area (Å²) in [6.45, 7) is 29.8. The van der Waals surface area contributed by atoms with E-state index in [4.69, 9.17) is 25.4 Å². The molecule has 0 radical (unpaired) electrons. The van der Waals surface area contributed by atoms with Gasteiger partial charge in [-0.15, -0.1) is 6.42 Å². The number of carbonyl (C=O) groups is 6. The fourth-order valence-corrected chi connectivity index (χ4v) is 13.6. The van der Waals surface area contributed by atoms with E-state index >= 15 is 0 Å². The minimum Gasteiger partial charge on any atom is -1.00 e. The summed E-state index contributed by atoms with van der Waals surface area (Å²) >= 11 is 0. The number of ketones is 2. The summed E-state index contributed by atoms with van der Waals surface area (Å²) in [6, 6.07) is 68.3. The van der Waals surface area contributed by atoms with Crippen LogP contribution in [-0.2, 0) is 45.1 Å². The van der Waals surface area contributed by atoms with Gasteiger partial charge in [-0.1, -0.05) is 217 Å². The number of quaternary nitrogens is 2. The van der Waals surface area contributed by atoms with Gasteiger partial charge in [-0.3, -0.25) is 47.2 Å². The number of anilines is 4. The molecule has 2 fully saturated rings. The Labute approximate surface area is 708 Å². The van der Waals surface area contributed by atoms with Crippen LogP contribution >= 0.6 is 0 Å². The van der Waals surface area contributed by atoms with Crippen molar-refractivity contribution in [1.82, 2.24) is 0 Å². The van der Waals surface area contributed by atoms with E-state index in [9.17, 15) is 41.7 Å². The molecule has 2 saturated heterocycles. The van der Waals surface area contributed by atoms with Crippen LogP contribution in [-0.4, -0.2) is 110 Å². The predicted molar refractivity (Wildman–Crippen MR) is 479 cm³/mol. The van der Waals surface area contributed by atoms with Crippen LogP contribution < -0.4 is 39.5 Å². The van der Waals surface area contributed by atoms with E-state index in [0.717, 1.165) is 107 Å². The third-order valence-electron chi connectivity index (χ3n) is 20.3. The number of para-hydroxylation sites is 2. The molecule has 644 valence electrons. The maximum atomic E-state index is 14.2. The molecule has 2 unspecified atom stereocenters. The average Bonchev–Trinajstić information content (AvgIpc) is 0.800. The molecule has 0 saturated carbocycles. The summed E-state index contributed by atoms with van der Waals surface area (Å²) in [4.78, 5) is 82.8. The number of nitrogens with zero attached hydrogens (tertiary/aromatic N) is 3. The summed E-state index contributed by atoms with van der Waals surface area (Å²) in [5, 5.41) is 5.37. The number of amides is 4. The molecular weight excluding hydrogens is 1510 g/mol. The third-order valence-corrected chi connectivity index (χ3v) is 20.3. The number of benzene rings is 8. The lowest BCUT2D eigenvalue weighted by molar-refractivity contribution is -0.904. The number of halogens is 4. The highest BCUT2D eigenvalue weighted by Crippen LogP contribution is 2.33. The minimum absolute atomic E-state index is 0. The zero-order valence-corrected chi connectivity index (χ0v) is 68.9. The SMILES string of the molecule is C.C.C.C.C#CC(=O)c1cc(OCc2ccc(C(C)CC)cc2)ccc1NC(=O)OC(C)(C)C.CCC(=O)N(c1ccccc1)C1CC[N+](C=CC(=O)c2cc(OCc3ccc(C(C)CC)cc3)ccc2NC(=O)OC(C)(C)C)(CCc2ccccc2)CC1.CCC(=O)N(c1ccccc1)C1CC[NH+](CCc2ccccc2)CC1.FB(F)F.[F-]. The predicted octanol–water partition coefficient (Wildman–Crippen LogP) is 19.6. The molecule has 10 rings (SSSR count). The molecule has 8 aromatic carbocycles. The van der Waals surface area contributed by atoms with E-state index in [1.807, 2.05) is 96.6 Å². The molecule has 0 bridgehead atoms. The lowest BCUT2D eigenvalue weighted by atomic mass is 9.98. The van der Waals surface area contributed by atoms with Crippen LogP contribution in [0.25, 0.3) is 0 Å². The molecule has 8 aromatic rings. The number of carbonyl (C=O) groups excluding carboxylic acids is 6. The van der Waals surface area contributed by atoms with Crippen molar-refractivity contribution < 1.29 is 74.7 Å². The lowest BCUT2D eigenvalue weighted by Gasteiger charge is -2.44. The zero-order chi connectivity index (χ0) is 82.8. The molecule has 2 atom stereocenters. The van der Waals surface area contributed by atoms with Gasteiger partial charge < -0.3 is 38.4 Å². The lowest BCUT2D eigenvalue weighted by Crippen LogP contribution is -3.13. The number of nitrogens with one attached hydrogen (secondary N) is 3. The van der Waals surface area contributed by atoms with Gasteiger partial charge in [0.1, 0.15) is 35.9 Å². The second-order valence-corrected chi connectivity index (χ2v) is 31.0. The van der Waals surface area contributed by atoms with Gasteiger partial charge >= 0.3 is 19.7 Å². The van der Waals surface area contributed by atoms with Gasteiger partial charge in [-0.25, -0.2) is 9.59 Å². The monoisotopic (exact) mass is 1640 g/mol. The normalized spacial score (nSPS) is 15.6. The fraction of sp³-hybridized carbons (Fsp3) is 0.408. The molecule has 0 aromatic heterocycles. The average molecular weight is 1640 g/mol. The molecule has 2 heterocycles. The Hall–Kier alpha value is -10.8. The summed E-state index contributed by atoms with van der Waals surface area (Å²) in [5.74, 6) is 3.64. The molecule has 16 nitrogen and oxygen atoms in total. The Bertz CT molecular complexity index is 4390. The van der Waals surface area contributed by atoms with Crippen LogP contribution in [0, 0.1) is 12.3 Å². The molecule has 119 heavy (non-hydrogen) atoms. The highest BCUT2D eigenvalue weighted by molar-refractivity contribution is 6.33. The summed E-state index contributed by atoms with van der Waals surface area (Å²) in [6.07, 6.45) is 16.6. The Kier molecular flexibility index (Phi) is 45.7. The highest BCUT2D eigenvalue weighted by Gasteiger charge is 2.37. The van der Waals surface area contributed by atoms with E-state index in [1.54, 1.807) is 82.9 Å². The maximum Gasteiger partial charge on any atom is 0.762 e. The first kappa shape index (κ1) is 104. The number of piperidine rings is 2. The second-order valence-electron chi connectivity index (χ2n) is 31.0. The number of allylic oxidation sites excluding steroid dienone is 1. The van der Waals surface area contributed by atoms with Gasteiger partial charge in [0.2, 0.25) is 17.6 Å². The van der Waals surface area contributed by atoms with E-state index in [2.05, 4.69) is 147 Å². The number of rotatable bonds is 28. The van der Waals surface area contributed by atoms with E-state index in [1.165, 1.54) is 34.9 Å². The van der Waals surface area contributed by atoms with Crippen LogP contribution in [0.4, 0.5) is 45.3 Å². The first-order valence-electron chi connectivity index (χ1n) is 39.9. The number of hydrogen-bond donors (Lipinski definition) is 3. The van der Waals surface area contributed by atoms with Crippen LogP contribution in [0.5, 0.6) is 11.5 Å². The third kappa shape index (κ3) is 35.0. The Balaban J connectivity index is 0.000000633. The fourth-order valence-electron chi connectivity index (χ4n) is 13.6. The molecule has 3 N–H and O–H groups in total. The molecule has 4 amide bonds. The Morgan fingerprint density at radius 2 is 0.899 bits per heavy atom. The van der Waals surface area contributed by atoms with E-state index < -0.39 is 36.7 Å². The van der Waals surface area contributed by atoms with Crippen LogP contribution in [0.1, 0.15) is 230 Å². The smallest absolute Gasteiger partial charge is 0.762 e. The van der Waals surface area contributed by atoms with Crippen molar-refractivity contribution in [1.29, 1.82) is 0 Å². The molecule has 0 spiro atoms. The Morgan fingerprint density at radius 1 is 0.529 bits per heavy atom. The molecule has 2 aliphatic heterocycles. The van der Waals surface area contributed by atoms with Crippen molar-refractivity contribution in [3.63, 3.8) is 0 Å². The van der Waals surface area contributed by atoms with Crippen molar-refractivity contribution in [2.24, 2.45) is 0 Å². The quantitative estimate of drug-likeness (QED) is 0.00814. The van der Waals surface area contributed by atoms with Crippen molar-refractivity contribution >= 4 is 65.9 Å². The van der Waals surface area contributed by atoms with Crippen molar-refractivity contribution in [3.05, 3.63) is 263 Å². The highest BCUT2D eigenvalue weighted by atomic mass is 19.4. The van der Waals surface area contributed by atoms with Gasteiger partial charge in [0.05, 0.1) is 62.4 Å². The standard InChI is InChI=1S/C47H57N3O5.C25H29NO4.C22H28N2O.4CH4.BF3.FH/c1-7-35(3)38-21-19-37(20-22-38)34-54-41-23-24-43(48-46(53)55-47(4,5)6)42(33-41)44(51)28-32-50(29-25-36-15-11-9-12-16-36)30-26-40(27-31-50)49(45(52)8-2)39-17-13-10-14-18-39;1-7-17(3)19-11-9-18(10-12-19)16-29-20-13-14-22(21(15-20)23(27)8-2)26-24(28)30-25(4,5)6;1-2-22(25)24(20-11-7-4-8-12-20)21-14-17-23(18-15-21)16-13-19-9-5-3-6-10-19;;;;;2-1(3)4;/h9-24,28,32-33,35,40H,7-8,25-27,29-31,34H2,1-6H3;2,9-15,17H,7,16H2,1,3-6H3,(H,26,28);3-12,21H,2,13-18H2,1H3;4*1H4;;1H/p+1. The Morgan fingerprint density at radius 3 is 1.28 bits per heavy atom. The van der Waals surface area contributed by atoms with E-state index in [-0.39, 0.29) is 69.3 Å². The number of hydrogen-bond acceptors (Lipinski definition) is 10. The van der Waals surface area contributed by atoms with Crippen LogP contribution in [0.15, 0.2) is 219 Å². The van der Waals surface area contributed by atoms with Crippen LogP contribution in [0.3, 0.4) is 0 Å². The van der Waals surface area contributed by atoms with E-state index in [0.29, 0.717) is 71.2 Å². The molecule has 0 aliphatic carbocycles. The topological polar surface area (TPSA) is 174 Å². The van der Waals surface area contributed by atoms with Gasteiger partial charge in [-0.05, 0) is 166 Å². The number of terminal acetylenes is 1. The first-order valence-corrected chi connectivity index (χ1v) is 39.9. The summed E-state index contributed by atoms with van der Waals surface area (Å²) < 4.78 is 52.4. The van der Waals surface area contributed by atoms with Crippen LogP contribution in [0.2, 0.25) is 0 Å². The first-order chi connectivity index (χ1) is 54.5. The summed E-state index contributed by atoms with van der Waals surface area (Å²) in [7, 11) is -3.67. The van der Waals surface area contributed by atoms with Gasteiger partial charge in [0.15, 0.2) is 5.78 Å². The molecular formula is C98H132BF4N6O10+. The number of ether oxygens (including phenoxy) is 4. The van der Waals surface area contributed by atoms with Gasteiger partial charge in [0.25, 0.3) is 0 Å². The number of likely N-dealkylation sites (tertiary alicyclic amines) is 2. The van der Waals surface area contributed by atoms with Crippen molar-refractivity contribution in [3.8, 4) is 23.8 Å². The van der Waals surface area contributed by atoms with Gasteiger partial charge in [0, 0.05) is 86.5 Å². The maximum absolute atomic E-state index is 14.2. The molecule has 2 aliphatic rings. The largest absolute Gasteiger partial charge is 1.00 e. The van der Waals surface area contributed by atoms with Crippen molar-refractivity contribution in [2.45, 2.75) is 225 Å². The summed E-state index contributed by atoms with van der Waals surface area (Å²) in [5.41, 5.74) is 8.99. The van der Waals surface area contributed by atoms with Gasteiger partial charge in [-0.2, -0.15) is 0 Å². The van der Waals surface area contributed by atoms with Crippen molar-refractivity contribution in [2.75, 3.05) is 59.7 Å².